The second kappa shape index (κ2) is 7.48. The van der Waals surface area contributed by atoms with Gasteiger partial charge in [-0.1, -0.05) is 0 Å². The van der Waals surface area contributed by atoms with Crippen molar-refractivity contribution in [1.29, 1.82) is 0 Å². The Morgan fingerprint density at radius 2 is 1.83 bits per heavy atom. The van der Waals surface area contributed by atoms with E-state index in [1.807, 2.05) is 37.0 Å². The highest BCUT2D eigenvalue weighted by Crippen LogP contribution is 2.26. The number of benzene rings is 1. The van der Waals surface area contributed by atoms with Crippen molar-refractivity contribution < 1.29 is 14.6 Å². The highest BCUT2D eigenvalue weighted by Gasteiger charge is 2.15. The molecule has 2 atom stereocenters. The number of nitrogens with zero attached hydrogens (tertiary/aromatic N) is 2. The number of methoxy groups -OCH3 is 2. The molecule has 0 saturated heterocycles. The smallest absolute Gasteiger partial charge is 0.122 e. The Labute approximate surface area is 137 Å². The van der Waals surface area contributed by atoms with E-state index >= 15 is 0 Å². The van der Waals surface area contributed by atoms with Gasteiger partial charge >= 0.3 is 0 Å². The molecule has 0 bridgehead atoms. The molecule has 0 aliphatic heterocycles. The molecule has 2 N–H and O–H groups in total. The lowest BCUT2D eigenvalue weighted by Crippen LogP contribution is -2.25. The zero-order valence-electron chi connectivity index (χ0n) is 14.3. The standard InChI is InChI=1S/C17H25N3O3/c1-11(16-9-19-20(3)12(16)2)18-10-17(21)13-6-14(22-4)8-15(7-13)23-5/h6-9,11,17-18,21H,10H2,1-5H3. The first-order valence-corrected chi connectivity index (χ1v) is 7.59. The molecule has 2 rings (SSSR count). The number of aliphatic hydroxyl groups is 1. The molecule has 1 aromatic heterocycles. The van der Waals surface area contributed by atoms with Crippen LogP contribution in [0.1, 0.15) is 35.9 Å². The third-order valence-corrected chi connectivity index (χ3v) is 4.12. The van der Waals surface area contributed by atoms with Crippen molar-refractivity contribution in [1.82, 2.24) is 15.1 Å². The van der Waals surface area contributed by atoms with E-state index in [1.54, 1.807) is 20.3 Å². The molecule has 0 saturated carbocycles. The van der Waals surface area contributed by atoms with E-state index in [0.29, 0.717) is 18.0 Å². The van der Waals surface area contributed by atoms with Crippen LogP contribution in [-0.4, -0.2) is 35.7 Å². The Morgan fingerprint density at radius 1 is 1.22 bits per heavy atom. The molecular weight excluding hydrogens is 294 g/mol. The average Bonchev–Trinajstić information content (AvgIpc) is 2.91. The van der Waals surface area contributed by atoms with E-state index in [2.05, 4.69) is 17.3 Å². The zero-order valence-corrected chi connectivity index (χ0v) is 14.3. The van der Waals surface area contributed by atoms with Crippen LogP contribution in [0.3, 0.4) is 0 Å². The number of ether oxygens (including phenoxy) is 2. The summed E-state index contributed by atoms with van der Waals surface area (Å²) in [5.41, 5.74) is 2.99. The monoisotopic (exact) mass is 319 g/mol. The van der Waals surface area contributed by atoms with Crippen molar-refractivity contribution in [2.75, 3.05) is 20.8 Å². The summed E-state index contributed by atoms with van der Waals surface area (Å²) < 4.78 is 12.3. The summed E-state index contributed by atoms with van der Waals surface area (Å²) in [4.78, 5) is 0. The van der Waals surface area contributed by atoms with Gasteiger partial charge in [-0.05, 0) is 31.5 Å². The van der Waals surface area contributed by atoms with Crippen LogP contribution in [0.4, 0.5) is 0 Å². The number of aliphatic hydroxyl groups excluding tert-OH is 1. The van der Waals surface area contributed by atoms with Crippen LogP contribution in [0.15, 0.2) is 24.4 Å². The molecule has 2 unspecified atom stereocenters. The zero-order chi connectivity index (χ0) is 17.0. The molecule has 0 aliphatic rings. The first-order valence-electron chi connectivity index (χ1n) is 7.59. The third-order valence-electron chi connectivity index (χ3n) is 4.12. The van der Waals surface area contributed by atoms with Gasteiger partial charge in [0.25, 0.3) is 0 Å². The van der Waals surface area contributed by atoms with Crippen LogP contribution in [0, 0.1) is 6.92 Å². The summed E-state index contributed by atoms with van der Waals surface area (Å²) in [5, 5.41) is 18.0. The minimum atomic E-state index is -0.654. The molecule has 0 aliphatic carbocycles. The second-order valence-electron chi connectivity index (χ2n) is 5.60. The second-order valence-corrected chi connectivity index (χ2v) is 5.60. The summed E-state index contributed by atoms with van der Waals surface area (Å²) in [6, 6.07) is 5.51. The van der Waals surface area contributed by atoms with Gasteiger partial charge in [0.15, 0.2) is 0 Å². The average molecular weight is 319 g/mol. The number of hydrogen-bond donors (Lipinski definition) is 2. The first-order chi connectivity index (χ1) is 11.0. The Morgan fingerprint density at radius 3 is 2.30 bits per heavy atom. The summed E-state index contributed by atoms with van der Waals surface area (Å²) in [6.45, 7) is 4.51. The van der Waals surface area contributed by atoms with Gasteiger partial charge < -0.3 is 19.9 Å². The van der Waals surface area contributed by atoms with Crippen LogP contribution in [0.2, 0.25) is 0 Å². The molecule has 6 nitrogen and oxygen atoms in total. The molecule has 1 heterocycles. The van der Waals surface area contributed by atoms with E-state index in [-0.39, 0.29) is 6.04 Å². The topological polar surface area (TPSA) is 68.5 Å². The molecule has 0 amide bonds. The molecule has 23 heavy (non-hydrogen) atoms. The van der Waals surface area contributed by atoms with Crippen LogP contribution in [-0.2, 0) is 7.05 Å². The summed E-state index contributed by atoms with van der Waals surface area (Å²) in [6.07, 6.45) is 1.20. The summed E-state index contributed by atoms with van der Waals surface area (Å²) in [7, 11) is 5.11. The molecule has 0 fully saturated rings. The van der Waals surface area contributed by atoms with Crippen LogP contribution >= 0.6 is 0 Å². The Bertz CT molecular complexity index is 632. The minimum absolute atomic E-state index is 0.103. The normalized spacial score (nSPS) is 13.7. The van der Waals surface area contributed by atoms with E-state index in [9.17, 15) is 5.11 Å². The Hall–Kier alpha value is -2.05. The third kappa shape index (κ3) is 4.03. The highest BCUT2D eigenvalue weighted by molar-refractivity contribution is 5.39. The van der Waals surface area contributed by atoms with Gasteiger partial charge in [0.1, 0.15) is 11.5 Å². The fraction of sp³-hybridized carbons (Fsp3) is 0.471. The molecular formula is C17H25N3O3. The van der Waals surface area contributed by atoms with E-state index in [4.69, 9.17) is 9.47 Å². The quantitative estimate of drug-likeness (QED) is 0.818. The van der Waals surface area contributed by atoms with Crippen molar-refractivity contribution in [3.05, 3.63) is 41.2 Å². The fourth-order valence-corrected chi connectivity index (χ4v) is 2.48. The lowest BCUT2D eigenvalue weighted by atomic mass is 10.1. The van der Waals surface area contributed by atoms with Gasteiger partial charge in [-0.25, -0.2) is 0 Å². The van der Waals surface area contributed by atoms with Gasteiger partial charge in [-0.3, -0.25) is 4.68 Å². The van der Waals surface area contributed by atoms with Crippen molar-refractivity contribution in [2.45, 2.75) is 26.0 Å². The first kappa shape index (κ1) is 17.3. The van der Waals surface area contributed by atoms with Gasteiger partial charge in [-0.15, -0.1) is 0 Å². The van der Waals surface area contributed by atoms with Crippen molar-refractivity contribution in [3.8, 4) is 11.5 Å². The largest absolute Gasteiger partial charge is 0.497 e. The highest BCUT2D eigenvalue weighted by atomic mass is 16.5. The van der Waals surface area contributed by atoms with Crippen molar-refractivity contribution in [3.63, 3.8) is 0 Å². The molecule has 1 aromatic carbocycles. The summed E-state index contributed by atoms with van der Waals surface area (Å²) >= 11 is 0. The number of aromatic nitrogens is 2. The predicted octanol–water partition coefficient (Wildman–Crippen LogP) is 2.13. The Kier molecular flexibility index (Phi) is 5.63. The number of nitrogens with one attached hydrogen (secondary N) is 1. The van der Waals surface area contributed by atoms with Gasteiger partial charge in [0.2, 0.25) is 0 Å². The SMILES string of the molecule is COc1cc(OC)cc(C(O)CNC(C)c2cnn(C)c2C)c1. The van der Waals surface area contributed by atoms with E-state index in [0.717, 1.165) is 16.8 Å². The predicted molar refractivity (Wildman–Crippen MR) is 88.9 cm³/mol. The number of rotatable bonds is 7. The maximum Gasteiger partial charge on any atom is 0.122 e. The lowest BCUT2D eigenvalue weighted by Gasteiger charge is -2.18. The maximum atomic E-state index is 10.4. The molecule has 2 aromatic rings. The number of aryl methyl sites for hydroxylation is 1. The lowest BCUT2D eigenvalue weighted by molar-refractivity contribution is 0.170. The maximum absolute atomic E-state index is 10.4. The molecule has 6 heteroatoms. The number of hydrogen-bond acceptors (Lipinski definition) is 5. The van der Waals surface area contributed by atoms with Crippen molar-refractivity contribution >= 4 is 0 Å². The van der Waals surface area contributed by atoms with Crippen molar-refractivity contribution in [2.24, 2.45) is 7.05 Å². The Balaban J connectivity index is 2.04. The molecule has 0 spiro atoms. The fourth-order valence-electron chi connectivity index (χ4n) is 2.48. The summed E-state index contributed by atoms with van der Waals surface area (Å²) in [5.74, 6) is 1.32. The van der Waals surface area contributed by atoms with Crippen LogP contribution in [0.5, 0.6) is 11.5 Å². The van der Waals surface area contributed by atoms with Gasteiger partial charge in [0.05, 0.1) is 26.5 Å². The van der Waals surface area contributed by atoms with E-state index in [1.165, 1.54) is 0 Å². The van der Waals surface area contributed by atoms with Gasteiger partial charge in [-0.2, -0.15) is 5.10 Å². The molecule has 0 radical (unpaired) electrons. The van der Waals surface area contributed by atoms with Crippen LogP contribution < -0.4 is 14.8 Å². The minimum Gasteiger partial charge on any atom is -0.497 e. The molecule has 126 valence electrons. The van der Waals surface area contributed by atoms with Gasteiger partial charge in [0, 0.05) is 37.0 Å². The van der Waals surface area contributed by atoms with Crippen LogP contribution in [0.25, 0.3) is 0 Å². The van der Waals surface area contributed by atoms with E-state index < -0.39 is 6.10 Å².